The lowest BCUT2D eigenvalue weighted by molar-refractivity contribution is 0.0876. The van der Waals surface area contributed by atoms with Gasteiger partial charge in [-0.1, -0.05) is 0 Å². The van der Waals surface area contributed by atoms with Crippen LogP contribution in [-0.4, -0.2) is 54.6 Å². The maximum Gasteiger partial charge on any atom is 0.0125 e. The van der Waals surface area contributed by atoms with Gasteiger partial charge in [0.15, 0.2) is 0 Å². The highest BCUT2D eigenvalue weighted by molar-refractivity contribution is 4.98. The number of nitrogens with two attached hydrogens (primary N) is 1. The highest BCUT2D eigenvalue weighted by Crippen LogP contribution is 2.37. The van der Waals surface area contributed by atoms with Crippen molar-refractivity contribution in [3.8, 4) is 0 Å². The minimum Gasteiger partial charge on any atom is -0.330 e. The summed E-state index contributed by atoms with van der Waals surface area (Å²) in [4.78, 5) is 5.36. The van der Waals surface area contributed by atoms with Crippen molar-refractivity contribution in [1.29, 1.82) is 0 Å². The molecule has 3 aliphatic rings. The van der Waals surface area contributed by atoms with E-state index in [4.69, 9.17) is 5.73 Å². The molecule has 0 aromatic rings. The quantitative estimate of drug-likeness (QED) is 0.755. The molecule has 0 aromatic carbocycles. The van der Waals surface area contributed by atoms with Crippen molar-refractivity contribution in [2.45, 2.75) is 50.2 Å². The SMILES string of the molecule is CN1C2CCC1CC(N1CCC(CN)C1)C2. The van der Waals surface area contributed by atoms with E-state index in [1.54, 1.807) is 0 Å². The number of fused-ring (bicyclic) bond motifs is 2. The first-order chi connectivity index (χ1) is 7.78. The van der Waals surface area contributed by atoms with Gasteiger partial charge in [0, 0.05) is 24.7 Å². The molecule has 0 amide bonds. The third kappa shape index (κ3) is 1.79. The van der Waals surface area contributed by atoms with Gasteiger partial charge in [-0.25, -0.2) is 0 Å². The summed E-state index contributed by atoms with van der Waals surface area (Å²) in [6.45, 7) is 3.45. The van der Waals surface area contributed by atoms with Crippen LogP contribution < -0.4 is 5.73 Å². The van der Waals surface area contributed by atoms with Crippen LogP contribution in [0, 0.1) is 5.92 Å². The monoisotopic (exact) mass is 223 g/mol. The number of likely N-dealkylation sites (tertiary alicyclic amines) is 1. The lowest BCUT2D eigenvalue weighted by Gasteiger charge is -2.40. The Hall–Kier alpha value is -0.120. The Morgan fingerprint density at radius 1 is 1.06 bits per heavy atom. The lowest BCUT2D eigenvalue weighted by atomic mass is 9.97. The van der Waals surface area contributed by atoms with E-state index in [-0.39, 0.29) is 0 Å². The Kier molecular flexibility index (Phi) is 2.94. The summed E-state index contributed by atoms with van der Waals surface area (Å²) in [5.74, 6) is 0.775. The van der Waals surface area contributed by atoms with Gasteiger partial charge in [-0.2, -0.15) is 0 Å². The van der Waals surface area contributed by atoms with Crippen LogP contribution in [0.5, 0.6) is 0 Å². The predicted octanol–water partition coefficient (Wildman–Crippen LogP) is 0.892. The predicted molar refractivity (Wildman–Crippen MR) is 66.3 cm³/mol. The number of nitrogens with zero attached hydrogens (tertiary/aromatic N) is 2. The van der Waals surface area contributed by atoms with Gasteiger partial charge in [0.2, 0.25) is 0 Å². The van der Waals surface area contributed by atoms with Gasteiger partial charge in [-0.05, 0) is 58.2 Å². The summed E-state index contributed by atoms with van der Waals surface area (Å²) in [6.07, 6.45) is 7.02. The number of hydrogen-bond donors (Lipinski definition) is 1. The molecule has 16 heavy (non-hydrogen) atoms. The van der Waals surface area contributed by atoms with Gasteiger partial charge < -0.3 is 10.6 Å². The normalized spacial score (nSPS) is 45.4. The van der Waals surface area contributed by atoms with Crippen LogP contribution in [0.1, 0.15) is 32.1 Å². The van der Waals surface area contributed by atoms with Crippen molar-refractivity contribution in [3.63, 3.8) is 0 Å². The summed E-state index contributed by atoms with van der Waals surface area (Å²) in [5, 5.41) is 0. The van der Waals surface area contributed by atoms with E-state index in [1.807, 2.05) is 0 Å². The smallest absolute Gasteiger partial charge is 0.0125 e. The fraction of sp³-hybridized carbons (Fsp3) is 1.00. The van der Waals surface area contributed by atoms with Crippen LogP contribution in [0.15, 0.2) is 0 Å². The summed E-state index contributed by atoms with van der Waals surface area (Å²) in [7, 11) is 2.32. The molecule has 0 spiro atoms. The molecule has 3 nitrogen and oxygen atoms in total. The van der Waals surface area contributed by atoms with Crippen molar-refractivity contribution in [2.24, 2.45) is 11.7 Å². The first kappa shape index (κ1) is 11.0. The minimum absolute atomic E-state index is 0.775. The van der Waals surface area contributed by atoms with Gasteiger partial charge in [0.25, 0.3) is 0 Å². The second-order valence-corrected chi connectivity index (χ2v) is 6.06. The van der Waals surface area contributed by atoms with Crippen molar-refractivity contribution in [3.05, 3.63) is 0 Å². The maximum atomic E-state index is 5.78. The number of hydrogen-bond acceptors (Lipinski definition) is 3. The highest BCUT2D eigenvalue weighted by Gasteiger charge is 2.41. The molecule has 0 aromatic heterocycles. The third-order valence-electron chi connectivity index (χ3n) is 5.24. The van der Waals surface area contributed by atoms with Crippen molar-refractivity contribution in [2.75, 3.05) is 26.7 Å². The van der Waals surface area contributed by atoms with E-state index in [2.05, 4.69) is 16.8 Å². The van der Waals surface area contributed by atoms with Gasteiger partial charge in [0.1, 0.15) is 0 Å². The zero-order valence-electron chi connectivity index (χ0n) is 10.4. The second-order valence-electron chi connectivity index (χ2n) is 6.06. The average Bonchev–Trinajstić information content (AvgIpc) is 2.82. The molecule has 3 aliphatic heterocycles. The topological polar surface area (TPSA) is 32.5 Å². The van der Waals surface area contributed by atoms with E-state index < -0.39 is 0 Å². The molecule has 3 atom stereocenters. The number of rotatable bonds is 2. The summed E-state index contributed by atoms with van der Waals surface area (Å²) < 4.78 is 0. The molecule has 3 heterocycles. The average molecular weight is 223 g/mol. The van der Waals surface area contributed by atoms with E-state index in [9.17, 15) is 0 Å². The van der Waals surface area contributed by atoms with Crippen LogP contribution in [0.2, 0.25) is 0 Å². The lowest BCUT2D eigenvalue weighted by Crippen LogP contribution is -2.48. The molecule has 3 unspecified atom stereocenters. The van der Waals surface area contributed by atoms with E-state index in [0.29, 0.717) is 0 Å². The second kappa shape index (κ2) is 4.28. The molecular formula is C13H25N3. The van der Waals surface area contributed by atoms with E-state index in [0.717, 1.165) is 30.6 Å². The molecule has 2 N–H and O–H groups in total. The van der Waals surface area contributed by atoms with Gasteiger partial charge in [-0.15, -0.1) is 0 Å². The zero-order chi connectivity index (χ0) is 11.1. The Bertz CT molecular complexity index is 242. The minimum atomic E-state index is 0.775. The van der Waals surface area contributed by atoms with Crippen LogP contribution in [-0.2, 0) is 0 Å². The Balaban J connectivity index is 1.61. The highest BCUT2D eigenvalue weighted by atomic mass is 15.2. The zero-order valence-corrected chi connectivity index (χ0v) is 10.4. The van der Waals surface area contributed by atoms with Gasteiger partial charge >= 0.3 is 0 Å². The van der Waals surface area contributed by atoms with Crippen molar-refractivity contribution >= 4 is 0 Å². The fourth-order valence-electron chi connectivity index (χ4n) is 4.07. The third-order valence-corrected chi connectivity index (χ3v) is 5.24. The van der Waals surface area contributed by atoms with Crippen molar-refractivity contribution in [1.82, 2.24) is 9.80 Å². The molecule has 92 valence electrons. The van der Waals surface area contributed by atoms with Crippen LogP contribution in [0.3, 0.4) is 0 Å². The number of piperidine rings is 1. The van der Waals surface area contributed by atoms with Crippen molar-refractivity contribution < 1.29 is 0 Å². The molecule has 3 rings (SSSR count). The van der Waals surface area contributed by atoms with E-state index >= 15 is 0 Å². The van der Waals surface area contributed by atoms with E-state index in [1.165, 1.54) is 45.2 Å². The van der Waals surface area contributed by atoms with Crippen LogP contribution >= 0.6 is 0 Å². The summed E-state index contributed by atoms with van der Waals surface area (Å²) in [6, 6.07) is 2.62. The van der Waals surface area contributed by atoms with Gasteiger partial charge in [-0.3, -0.25) is 4.90 Å². The molecular weight excluding hydrogens is 198 g/mol. The Morgan fingerprint density at radius 2 is 1.75 bits per heavy atom. The summed E-state index contributed by atoms with van der Waals surface area (Å²) >= 11 is 0. The van der Waals surface area contributed by atoms with Crippen LogP contribution in [0.25, 0.3) is 0 Å². The molecule has 0 aliphatic carbocycles. The molecule has 2 bridgehead atoms. The fourth-order valence-corrected chi connectivity index (χ4v) is 4.07. The molecule has 3 saturated heterocycles. The van der Waals surface area contributed by atoms with Crippen LogP contribution in [0.4, 0.5) is 0 Å². The molecule has 0 saturated carbocycles. The first-order valence-electron chi connectivity index (χ1n) is 6.94. The maximum absolute atomic E-state index is 5.78. The van der Waals surface area contributed by atoms with Gasteiger partial charge in [0.05, 0.1) is 0 Å². The molecule has 3 heteroatoms. The summed E-state index contributed by atoms with van der Waals surface area (Å²) in [5.41, 5.74) is 5.78. The standard InChI is InChI=1S/C13H25N3/c1-15-11-2-3-12(15)7-13(6-11)16-5-4-10(8-14)9-16/h10-13H,2-9,14H2,1H3. The molecule has 3 fully saturated rings. The first-order valence-corrected chi connectivity index (χ1v) is 6.94. The Morgan fingerprint density at radius 3 is 2.31 bits per heavy atom. The largest absolute Gasteiger partial charge is 0.330 e. The molecule has 0 radical (unpaired) electrons. The Labute approximate surface area is 99.0 Å².